The standard InChI is InChI=1S/C21H21N3O3S/c1-26-18-8-4-17(5-9-18)23-11-13-24(14-12-23)20(25)16-2-6-19(7-3-16)27-21-22-10-15-28-21/h2-10,15H,11-14H2,1H3. The lowest BCUT2D eigenvalue weighted by molar-refractivity contribution is 0.0747. The van der Waals surface area contributed by atoms with Crippen molar-refractivity contribution in [3.63, 3.8) is 0 Å². The maximum absolute atomic E-state index is 12.8. The van der Waals surface area contributed by atoms with E-state index in [1.807, 2.05) is 34.5 Å². The van der Waals surface area contributed by atoms with Gasteiger partial charge in [0.15, 0.2) is 0 Å². The van der Waals surface area contributed by atoms with E-state index in [9.17, 15) is 4.79 Å². The predicted molar refractivity (Wildman–Crippen MR) is 110 cm³/mol. The molecule has 3 aromatic rings. The number of methoxy groups -OCH3 is 1. The summed E-state index contributed by atoms with van der Waals surface area (Å²) in [6.45, 7) is 3.01. The van der Waals surface area contributed by atoms with Crippen LogP contribution < -0.4 is 14.4 Å². The molecule has 2 heterocycles. The number of hydrogen-bond donors (Lipinski definition) is 0. The number of aromatic nitrogens is 1. The zero-order chi connectivity index (χ0) is 19.3. The van der Waals surface area contributed by atoms with Crippen molar-refractivity contribution in [2.45, 2.75) is 0 Å². The van der Waals surface area contributed by atoms with Gasteiger partial charge in [-0.2, -0.15) is 0 Å². The van der Waals surface area contributed by atoms with Gasteiger partial charge in [-0.1, -0.05) is 11.3 Å². The first kappa shape index (κ1) is 18.3. The first-order chi connectivity index (χ1) is 13.7. The third-order valence-electron chi connectivity index (χ3n) is 4.72. The molecular weight excluding hydrogens is 374 g/mol. The molecule has 144 valence electrons. The second-order valence-corrected chi connectivity index (χ2v) is 7.26. The monoisotopic (exact) mass is 395 g/mol. The van der Waals surface area contributed by atoms with Gasteiger partial charge in [0.05, 0.1) is 7.11 Å². The van der Waals surface area contributed by atoms with Crippen molar-refractivity contribution in [3.05, 3.63) is 65.7 Å². The second-order valence-electron chi connectivity index (χ2n) is 6.40. The van der Waals surface area contributed by atoms with Crippen LogP contribution in [0, 0.1) is 0 Å². The summed E-state index contributed by atoms with van der Waals surface area (Å²) in [6, 6.07) is 15.3. The van der Waals surface area contributed by atoms with Crippen LogP contribution in [0.4, 0.5) is 5.69 Å². The Morgan fingerprint density at radius 2 is 1.64 bits per heavy atom. The first-order valence-corrected chi connectivity index (χ1v) is 9.96. The molecule has 0 bridgehead atoms. The number of rotatable bonds is 5. The zero-order valence-electron chi connectivity index (χ0n) is 15.6. The first-order valence-electron chi connectivity index (χ1n) is 9.08. The average Bonchev–Trinajstić information content (AvgIpc) is 3.27. The molecule has 0 aliphatic carbocycles. The quantitative estimate of drug-likeness (QED) is 0.656. The number of ether oxygens (including phenoxy) is 2. The molecule has 2 aromatic carbocycles. The highest BCUT2D eigenvalue weighted by atomic mass is 32.1. The molecule has 1 saturated heterocycles. The molecule has 28 heavy (non-hydrogen) atoms. The number of thiazole rings is 1. The van der Waals surface area contributed by atoms with Crippen LogP contribution in [0.2, 0.25) is 0 Å². The van der Waals surface area contributed by atoms with Gasteiger partial charge >= 0.3 is 0 Å². The molecule has 0 spiro atoms. The Kier molecular flexibility index (Phi) is 5.43. The minimum absolute atomic E-state index is 0.0511. The molecule has 0 saturated carbocycles. The molecule has 1 fully saturated rings. The second kappa shape index (κ2) is 8.31. The molecule has 1 aromatic heterocycles. The van der Waals surface area contributed by atoms with Gasteiger partial charge in [-0.05, 0) is 48.5 Å². The van der Waals surface area contributed by atoms with E-state index in [4.69, 9.17) is 9.47 Å². The summed E-state index contributed by atoms with van der Waals surface area (Å²) in [5.74, 6) is 1.57. The third kappa shape index (κ3) is 4.09. The predicted octanol–water partition coefficient (Wildman–Crippen LogP) is 3.91. The van der Waals surface area contributed by atoms with Gasteiger partial charge in [0, 0.05) is 49.0 Å². The Balaban J connectivity index is 1.34. The fraction of sp³-hybridized carbons (Fsp3) is 0.238. The normalized spacial score (nSPS) is 14.0. The summed E-state index contributed by atoms with van der Waals surface area (Å²) in [7, 11) is 1.66. The smallest absolute Gasteiger partial charge is 0.278 e. The number of nitrogens with zero attached hydrogens (tertiary/aromatic N) is 3. The molecule has 6 nitrogen and oxygen atoms in total. The number of carbonyl (C=O) groups excluding carboxylic acids is 1. The van der Waals surface area contributed by atoms with E-state index < -0.39 is 0 Å². The number of carbonyl (C=O) groups is 1. The Labute approximate surface area is 167 Å². The van der Waals surface area contributed by atoms with Crippen molar-refractivity contribution >= 4 is 22.9 Å². The van der Waals surface area contributed by atoms with Crippen molar-refractivity contribution in [1.82, 2.24) is 9.88 Å². The van der Waals surface area contributed by atoms with Crippen molar-refractivity contribution in [2.24, 2.45) is 0 Å². The highest BCUT2D eigenvalue weighted by Crippen LogP contribution is 2.24. The van der Waals surface area contributed by atoms with E-state index in [1.165, 1.54) is 11.3 Å². The van der Waals surface area contributed by atoms with Crippen molar-refractivity contribution < 1.29 is 14.3 Å². The molecule has 0 radical (unpaired) electrons. The summed E-state index contributed by atoms with van der Waals surface area (Å²) < 4.78 is 10.9. The van der Waals surface area contributed by atoms with E-state index in [2.05, 4.69) is 22.0 Å². The van der Waals surface area contributed by atoms with E-state index in [1.54, 1.807) is 25.4 Å². The lowest BCUT2D eigenvalue weighted by Gasteiger charge is -2.36. The van der Waals surface area contributed by atoms with E-state index in [0.717, 1.165) is 24.5 Å². The molecule has 0 unspecified atom stereocenters. The number of anilines is 1. The van der Waals surface area contributed by atoms with Crippen LogP contribution in [0.3, 0.4) is 0 Å². The maximum atomic E-state index is 12.8. The van der Waals surface area contributed by atoms with Gasteiger partial charge in [-0.15, -0.1) is 0 Å². The van der Waals surface area contributed by atoms with Crippen LogP contribution in [0.5, 0.6) is 16.7 Å². The van der Waals surface area contributed by atoms with Crippen LogP contribution in [0.1, 0.15) is 10.4 Å². The largest absolute Gasteiger partial charge is 0.497 e. The molecule has 0 N–H and O–H groups in total. The van der Waals surface area contributed by atoms with Crippen LogP contribution in [-0.4, -0.2) is 49.1 Å². The zero-order valence-corrected chi connectivity index (χ0v) is 16.4. The summed E-state index contributed by atoms with van der Waals surface area (Å²) >= 11 is 1.43. The van der Waals surface area contributed by atoms with Crippen molar-refractivity contribution in [2.75, 3.05) is 38.2 Å². The van der Waals surface area contributed by atoms with E-state index in [0.29, 0.717) is 29.6 Å². The summed E-state index contributed by atoms with van der Waals surface area (Å²) in [6.07, 6.45) is 1.70. The van der Waals surface area contributed by atoms with Crippen LogP contribution >= 0.6 is 11.3 Å². The third-order valence-corrected chi connectivity index (χ3v) is 5.37. The minimum Gasteiger partial charge on any atom is -0.497 e. The number of hydrogen-bond acceptors (Lipinski definition) is 6. The Hall–Kier alpha value is -3.06. The average molecular weight is 395 g/mol. The molecular formula is C21H21N3O3S. The molecule has 1 amide bonds. The molecule has 1 aliphatic heterocycles. The Morgan fingerprint density at radius 3 is 2.25 bits per heavy atom. The molecule has 7 heteroatoms. The number of amides is 1. The van der Waals surface area contributed by atoms with E-state index >= 15 is 0 Å². The Morgan fingerprint density at radius 1 is 0.964 bits per heavy atom. The lowest BCUT2D eigenvalue weighted by Crippen LogP contribution is -2.48. The molecule has 1 aliphatic rings. The Bertz CT molecular complexity index is 903. The van der Waals surface area contributed by atoms with E-state index in [-0.39, 0.29) is 5.91 Å². The van der Waals surface area contributed by atoms with Crippen LogP contribution in [0.25, 0.3) is 0 Å². The summed E-state index contributed by atoms with van der Waals surface area (Å²) in [5, 5.41) is 2.45. The van der Waals surface area contributed by atoms with Gasteiger partial charge in [0.2, 0.25) is 0 Å². The number of benzene rings is 2. The van der Waals surface area contributed by atoms with Crippen molar-refractivity contribution in [3.8, 4) is 16.7 Å². The SMILES string of the molecule is COc1ccc(N2CCN(C(=O)c3ccc(Oc4nccs4)cc3)CC2)cc1. The van der Waals surface area contributed by atoms with Crippen LogP contribution in [-0.2, 0) is 0 Å². The molecule has 0 atom stereocenters. The van der Waals surface area contributed by atoms with Crippen molar-refractivity contribution in [1.29, 1.82) is 0 Å². The lowest BCUT2D eigenvalue weighted by atomic mass is 10.1. The maximum Gasteiger partial charge on any atom is 0.278 e. The topological polar surface area (TPSA) is 54.9 Å². The van der Waals surface area contributed by atoms with Gasteiger partial charge in [0.25, 0.3) is 11.1 Å². The van der Waals surface area contributed by atoms with Crippen LogP contribution in [0.15, 0.2) is 60.1 Å². The highest BCUT2D eigenvalue weighted by molar-refractivity contribution is 7.11. The van der Waals surface area contributed by atoms with Gasteiger partial charge in [-0.3, -0.25) is 4.79 Å². The molecule has 4 rings (SSSR count). The minimum atomic E-state index is 0.0511. The fourth-order valence-electron chi connectivity index (χ4n) is 3.17. The summed E-state index contributed by atoms with van der Waals surface area (Å²) in [4.78, 5) is 21.1. The van der Waals surface area contributed by atoms with Gasteiger partial charge < -0.3 is 19.3 Å². The number of piperazine rings is 1. The van der Waals surface area contributed by atoms with Gasteiger partial charge in [0.1, 0.15) is 11.5 Å². The van der Waals surface area contributed by atoms with Gasteiger partial charge in [-0.25, -0.2) is 4.98 Å². The highest BCUT2D eigenvalue weighted by Gasteiger charge is 2.22. The fourth-order valence-corrected chi connectivity index (χ4v) is 3.67. The summed E-state index contributed by atoms with van der Waals surface area (Å²) in [5.41, 5.74) is 1.82.